The minimum absolute atomic E-state index is 0.481. The molecule has 0 amide bonds. The van der Waals surface area contributed by atoms with Gasteiger partial charge in [0.1, 0.15) is 0 Å². The van der Waals surface area contributed by atoms with Crippen LogP contribution >= 0.6 is 0 Å². The molecular formula is C14H30N2. The zero-order chi connectivity index (χ0) is 12.3. The second kappa shape index (κ2) is 5.50. The molecule has 0 aliphatic heterocycles. The van der Waals surface area contributed by atoms with Gasteiger partial charge in [-0.2, -0.15) is 0 Å². The molecule has 1 rings (SSSR count). The lowest BCUT2D eigenvalue weighted by Crippen LogP contribution is -2.46. The first-order valence-corrected chi connectivity index (χ1v) is 6.82. The van der Waals surface area contributed by atoms with Crippen LogP contribution in [-0.2, 0) is 0 Å². The van der Waals surface area contributed by atoms with E-state index in [0.717, 1.165) is 11.8 Å². The normalized spacial score (nSPS) is 29.4. The number of hydrogen-bond acceptors (Lipinski definition) is 2. The molecule has 3 N–H and O–H groups in total. The third-order valence-corrected chi connectivity index (χ3v) is 4.42. The zero-order valence-corrected chi connectivity index (χ0v) is 11.7. The Balaban J connectivity index is 2.48. The molecule has 1 aliphatic rings. The van der Waals surface area contributed by atoms with Crippen LogP contribution in [-0.4, -0.2) is 6.04 Å². The van der Waals surface area contributed by atoms with Crippen molar-refractivity contribution < 1.29 is 0 Å². The van der Waals surface area contributed by atoms with Gasteiger partial charge in [0, 0.05) is 6.04 Å². The predicted octanol–water partition coefficient (Wildman–Crippen LogP) is 3.33. The number of nitrogens with two attached hydrogens (primary N) is 1. The topological polar surface area (TPSA) is 38.0 Å². The van der Waals surface area contributed by atoms with Crippen LogP contribution in [0.4, 0.5) is 0 Å². The van der Waals surface area contributed by atoms with E-state index in [9.17, 15) is 0 Å². The summed E-state index contributed by atoms with van der Waals surface area (Å²) in [4.78, 5) is 0. The van der Waals surface area contributed by atoms with E-state index in [1.165, 1.54) is 25.7 Å². The molecule has 0 radical (unpaired) electrons. The summed E-state index contributed by atoms with van der Waals surface area (Å²) in [7, 11) is 0. The lowest BCUT2D eigenvalue weighted by molar-refractivity contribution is 0.121. The van der Waals surface area contributed by atoms with Crippen LogP contribution in [0, 0.1) is 23.2 Å². The van der Waals surface area contributed by atoms with E-state index in [0.29, 0.717) is 17.4 Å². The molecule has 0 aromatic rings. The first-order chi connectivity index (χ1) is 7.36. The molecule has 0 heterocycles. The van der Waals surface area contributed by atoms with E-state index in [1.54, 1.807) is 0 Å². The standard InChI is InChI=1S/C14H30N2/c1-10(2)13(16-15)11-6-8-12(9-7-11)14(3,4)5/h10-13,16H,6-9,15H2,1-5H3. The van der Waals surface area contributed by atoms with Crippen LogP contribution < -0.4 is 11.3 Å². The van der Waals surface area contributed by atoms with E-state index >= 15 is 0 Å². The lowest BCUT2D eigenvalue weighted by Gasteiger charge is -2.40. The van der Waals surface area contributed by atoms with Crippen molar-refractivity contribution in [2.45, 2.75) is 66.3 Å². The largest absolute Gasteiger partial charge is 0.271 e. The van der Waals surface area contributed by atoms with Crippen LogP contribution in [0.5, 0.6) is 0 Å². The summed E-state index contributed by atoms with van der Waals surface area (Å²) in [5, 5.41) is 0. The van der Waals surface area contributed by atoms with E-state index in [1.807, 2.05) is 0 Å². The SMILES string of the molecule is CC(C)C(NN)C1CCC(C(C)(C)C)CC1. The molecule has 0 bridgehead atoms. The summed E-state index contributed by atoms with van der Waals surface area (Å²) in [6.45, 7) is 11.7. The maximum atomic E-state index is 5.67. The van der Waals surface area contributed by atoms with Crippen LogP contribution in [0.25, 0.3) is 0 Å². The van der Waals surface area contributed by atoms with Gasteiger partial charge in [0.15, 0.2) is 0 Å². The molecular weight excluding hydrogens is 196 g/mol. The van der Waals surface area contributed by atoms with Gasteiger partial charge >= 0.3 is 0 Å². The van der Waals surface area contributed by atoms with Gasteiger partial charge in [0.25, 0.3) is 0 Å². The average molecular weight is 226 g/mol. The van der Waals surface area contributed by atoms with Crippen LogP contribution in [0.15, 0.2) is 0 Å². The first-order valence-electron chi connectivity index (χ1n) is 6.82. The van der Waals surface area contributed by atoms with Crippen molar-refractivity contribution in [1.29, 1.82) is 0 Å². The maximum absolute atomic E-state index is 5.67. The van der Waals surface area contributed by atoms with Crippen molar-refractivity contribution >= 4 is 0 Å². The van der Waals surface area contributed by atoms with E-state index in [-0.39, 0.29) is 0 Å². The molecule has 1 saturated carbocycles. The van der Waals surface area contributed by atoms with Crippen molar-refractivity contribution in [1.82, 2.24) is 5.43 Å². The van der Waals surface area contributed by atoms with Crippen molar-refractivity contribution in [2.75, 3.05) is 0 Å². The van der Waals surface area contributed by atoms with Gasteiger partial charge in [0.05, 0.1) is 0 Å². The van der Waals surface area contributed by atoms with Crippen molar-refractivity contribution in [3.8, 4) is 0 Å². The molecule has 0 aromatic carbocycles. The third-order valence-electron chi connectivity index (χ3n) is 4.42. The number of rotatable bonds is 3. The molecule has 2 nitrogen and oxygen atoms in total. The van der Waals surface area contributed by atoms with Crippen molar-refractivity contribution in [3.05, 3.63) is 0 Å². The van der Waals surface area contributed by atoms with Gasteiger partial charge in [-0.3, -0.25) is 11.3 Å². The number of nitrogens with one attached hydrogen (secondary N) is 1. The van der Waals surface area contributed by atoms with E-state index in [4.69, 9.17) is 5.84 Å². The Morgan fingerprint density at radius 3 is 1.88 bits per heavy atom. The Kier molecular flexibility index (Phi) is 4.81. The molecule has 96 valence electrons. The highest BCUT2D eigenvalue weighted by atomic mass is 15.2. The van der Waals surface area contributed by atoms with Gasteiger partial charge < -0.3 is 0 Å². The average Bonchev–Trinajstić information content (AvgIpc) is 2.17. The molecule has 1 atom stereocenters. The van der Waals surface area contributed by atoms with Crippen LogP contribution in [0.3, 0.4) is 0 Å². The molecule has 0 saturated heterocycles. The van der Waals surface area contributed by atoms with Gasteiger partial charge in [-0.15, -0.1) is 0 Å². The molecule has 0 aromatic heterocycles. The predicted molar refractivity (Wildman–Crippen MR) is 70.9 cm³/mol. The van der Waals surface area contributed by atoms with Crippen LogP contribution in [0.1, 0.15) is 60.3 Å². The highest BCUT2D eigenvalue weighted by Gasteiger charge is 2.33. The van der Waals surface area contributed by atoms with Gasteiger partial charge in [-0.05, 0) is 48.9 Å². The Labute approximate surface area is 101 Å². The fraction of sp³-hybridized carbons (Fsp3) is 1.00. The van der Waals surface area contributed by atoms with Crippen molar-refractivity contribution in [3.63, 3.8) is 0 Å². The van der Waals surface area contributed by atoms with E-state index < -0.39 is 0 Å². The number of hydrogen-bond donors (Lipinski definition) is 2. The van der Waals surface area contributed by atoms with E-state index in [2.05, 4.69) is 40.0 Å². The fourth-order valence-electron chi connectivity index (χ4n) is 3.22. The van der Waals surface area contributed by atoms with Crippen LogP contribution in [0.2, 0.25) is 0 Å². The Morgan fingerprint density at radius 2 is 1.56 bits per heavy atom. The minimum Gasteiger partial charge on any atom is -0.271 e. The second-order valence-electron chi connectivity index (χ2n) is 6.91. The minimum atomic E-state index is 0.481. The maximum Gasteiger partial charge on any atom is 0.0261 e. The fourth-order valence-corrected chi connectivity index (χ4v) is 3.22. The lowest BCUT2D eigenvalue weighted by atomic mass is 9.67. The van der Waals surface area contributed by atoms with Gasteiger partial charge in [0.2, 0.25) is 0 Å². The summed E-state index contributed by atoms with van der Waals surface area (Å²) >= 11 is 0. The summed E-state index contributed by atoms with van der Waals surface area (Å²) in [5.74, 6) is 7.99. The second-order valence-corrected chi connectivity index (χ2v) is 6.91. The molecule has 1 unspecified atom stereocenters. The number of hydrazine groups is 1. The first kappa shape index (κ1) is 14.0. The molecule has 1 fully saturated rings. The van der Waals surface area contributed by atoms with Gasteiger partial charge in [-0.25, -0.2) is 0 Å². The Bertz CT molecular complexity index is 197. The smallest absolute Gasteiger partial charge is 0.0261 e. The Morgan fingerprint density at radius 1 is 1.06 bits per heavy atom. The molecule has 0 spiro atoms. The van der Waals surface area contributed by atoms with Gasteiger partial charge in [-0.1, -0.05) is 34.6 Å². The summed E-state index contributed by atoms with van der Waals surface area (Å²) in [6.07, 6.45) is 5.43. The highest BCUT2D eigenvalue weighted by Crippen LogP contribution is 2.41. The summed E-state index contributed by atoms with van der Waals surface area (Å²) in [6, 6.07) is 0.501. The quantitative estimate of drug-likeness (QED) is 0.572. The summed E-state index contributed by atoms with van der Waals surface area (Å²) in [5.41, 5.74) is 3.51. The molecule has 16 heavy (non-hydrogen) atoms. The zero-order valence-electron chi connectivity index (χ0n) is 11.7. The molecule has 2 heteroatoms. The van der Waals surface area contributed by atoms with Crippen molar-refractivity contribution in [2.24, 2.45) is 29.0 Å². The monoisotopic (exact) mass is 226 g/mol. The molecule has 1 aliphatic carbocycles. The third kappa shape index (κ3) is 3.46. The Hall–Kier alpha value is -0.0800. The summed E-state index contributed by atoms with van der Waals surface area (Å²) < 4.78 is 0. The highest BCUT2D eigenvalue weighted by molar-refractivity contribution is 4.86.